The summed E-state index contributed by atoms with van der Waals surface area (Å²) >= 11 is 3.33. The van der Waals surface area contributed by atoms with Crippen LogP contribution in [-0.4, -0.2) is 13.7 Å². The van der Waals surface area contributed by atoms with Crippen LogP contribution in [0.2, 0.25) is 0 Å². The molecule has 0 heterocycles. The van der Waals surface area contributed by atoms with E-state index in [-0.39, 0.29) is 11.0 Å². The zero-order valence-electron chi connectivity index (χ0n) is 8.20. The van der Waals surface area contributed by atoms with Crippen molar-refractivity contribution in [1.29, 1.82) is 0 Å². The summed E-state index contributed by atoms with van der Waals surface area (Å²) in [5.41, 5.74) is 0.821. The van der Waals surface area contributed by atoms with Crippen molar-refractivity contribution >= 4 is 25.8 Å². The Morgan fingerprint density at radius 3 is 2.36 bits per heavy atom. The zero-order valence-corrected chi connectivity index (χ0v) is 10.6. The number of benzene rings is 1. The van der Waals surface area contributed by atoms with Gasteiger partial charge in [0, 0.05) is 4.47 Å². The van der Waals surface area contributed by atoms with Crippen molar-refractivity contribution in [2.75, 3.05) is 0 Å². The molecule has 1 aromatic carbocycles. The Bertz CT molecular complexity index is 410. The molecule has 0 spiro atoms. The summed E-state index contributed by atoms with van der Waals surface area (Å²) in [5.74, 6) is 0.103. The molecular formula is C10H13BrO2S. The summed E-state index contributed by atoms with van der Waals surface area (Å²) in [6.07, 6.45) is 0. The highest BCUT2D eigenvalue weighted by molar-refractivity contribution is 9.10. The molecule has 0 atom stereocenters. The Balaban J connectivity index is 2.96. The molecule has 78 valence electrons. The van der Waals surface area contributed by atoms with E-state index >= 15 is 0 Å². The predicted octanol–water partition coefficient (Wildman–Crippen LogP) is 2.77. The Labute approximate surface area is 93.4 Å². The first kappa shape index (κ1) is 11.7. The molecule has 4 heteroatoms. The molecule has 0 aliphatic carbocycles. The van der Waals surface area contributed by atoms with Crippen molar-refractivity contribution < 1.29 is 8.42 Å². The van der Waals surface area contributed by atoms with E-state index in [2.05, 4.69) is 15.9 Å². The van der Waals surface area contributed by atoms with Gasteiger partial charge in [-0.3, -0.25) is 0 Å². The van der Waals surface area contributed by atoms with Crippen molar-refractivity contribution in [3.63, 3.8) is 0 Å². The van der Waals surface area contributed by atoms with Crippen LogP contribution in [0.5, 0.6) is 0 Å². The summed E-state index contributed by atoms with van der Waals surface area (Å²) < 4.78 is 24.1. The first-order valence-corrected chi connectivity index (χ1v) is 6.89. The van der Waals surface area contributed by atoms with E-state index in [1.165, 1.54) is 0 Å². The van der Waals surface area contributed by atoms with Crippen LogP contribution in [0, 0.1) is 0 Å². The molecule has 14 heavy (non-hydrogen) atoms. The average Bonchev–Trinajstić information content (AvgIpc) is 2.08. The second kappa shape index (κ2) is 4.45. The lowest BCUT2D eigenvalue weighted by Crippen LogP contribution is -2.16. The van der Waals surface area contributed by atoms with E-state index in [9.17, 15) is 8.42 Å². The highest BCUT2D eigenvalue weighted by Gasteiger charge is 2.17. The van der Waals surface area contributed by atoms with Gasteiger partial charge in [0.25, 0.3) is 0 Å². The van der Waals surface area contributed by atoms with E-state index in [0.29, 0.717) is 0 Å². The second-order valence-electron chi connectivity index (χ2n) is 3.45. The van der Waals surface area contributed by atoms with Gasteiger partial charge in [-0.05, 0) is 25.5 Å². The third-order valence-corrected chi connectivity index (χ3v) is 4.96. The monoisotopic (exact) mass is 276 g/mol. The van der Waals surface area contributed by atoms with Gasteiger partial charge >= 0.3 is 0 Å². The van der Waals surface area contributed by atoms with Crippen LogP contribution in [0.15, 0.2) is 28.7 Å². The van der Waals surface area contributed by atoms with Crippen molar-refractivity contribution in [2.24, 2.45) is 0 Å². The number of hydrogen-bond donors (Lipinski definition) is 0. The standard InChI is InChI=1S/C10H13BrO2S/c1-8(2)14(12,13)7-9-5-3-4-6-10(9)11/h3-6,8H,7H2,1-2H3. The van der Waals surface area contributed by atoms with Crippen molar-refractivity contribution in [3.05, 3.63) is 34.3 Å². The normalized spacial score (nSPS) is 12.0. The van der Waals surface area contributed by atoms with Gasteiger partial charge in [-0.1, -0.05) is 34.1 Å². The van der Waals surface area contributed by atoms with E-state index in [4.69, 9.17) is 0 Å². The molecule has 0 unspecified atom stereocenters. The Kier molecular flexibility index (Phi) is 3.72. The summed E-state index contributed by atoms with van der Waals surface area (Å²) in [7, 11) is -3.00. The van der Waals surface area contributed by atoms with E-state index in [1.54, 1.807) is 13.8 Å². The predicted molar refractivity (Wildman–Crippen MR) is 61.9 cm³/mol. The van der Waals surface area contributed by atoms with E-state index in [1.807, 2.05) is 24.3 Å². The lowest BCUT2D eigenvalue weighted by atomic mass is 10.2. The maximum atomic E-state index is 11.6. The number of halogens is 1. The second-order valence-corrected chi connectivity index (χ2v) is 6.86. The first-order chi connectivity index (χ1) is 6.43. The van der Waals surface area contributed by atoms with Gasteiger partial charge in [0.1, 0.15) is 0 Å². The van der Waals surface area contributed by atoms with Crippen LogP contribution in [0.1, 0.15) is 19.4 Å². The Hall–Kier alpha value is -0.350. The maximum Gasteiger partial charge on any atom is 0.156 e. The van der Waals surface area contributed by atoms with E-state index < -0.39 is 9.84 Å². The number of sulfone groups is 1. The highest BCUT2D eigenvalue weighted by atomic mass is 79.9. The van der Waals surface area contributed by atoms with Crippen molar-refractivity contribution in [2.45, 2.75) is 24.9 Å². The Morgan fingerprint density at radius 2 is 1.86 bits per heavy atom. The zero-order chi connectivity index (χ0) is 10.8. The highest BCUT2D eigenvalue weighted by Crippen LogP contribution is 2.19. The first-order valence-electron chi connectivity index (χ1n) is 4.38. The minimum absolute atomic E-state index is 0.103. The average molecular weight is 277 g/mol. The molecule has 0 aromatic heterocycles. The topological polar surface area (TPSA) is 34.1 Å². The molecular weight excluding hydrogens is 264 g/mol. The molecule has 2 nitrogen and oxygen atoms in total. The van der Waals surface area contributed by atoms with Crippen LogP contribution in [0.4, 0.5) is 0 Å². The van der Waals surface area contributed by atoms with E-state index in [0.717, 1.165) is 10.0 Å². The van der Waals surface area contributed by atoms with Gasteiger partial charge < -0.3 is 0 Å². The number of hydrogen-bond acceptors (Lipinski definition) is 2. The fourth-order valence-electron chi connectivity index (χ4n) is 0.999. The van der Waals surface area contributed by atoms with Crippen molar-refractivity contribution in [1.82, 2.24) is 0 Å². The molecule has 0 radical (unpaired) electrons. The molecule has 0 N–H and O–H groups in total. The molecule has 0 saturated heterocycles. The Morgan fingerprint density at radius 1 is 1.29 bits per heavy atom. The minimum Gasteiger partial charge on any atom is -0.228 e. The van der Waals surface area contributed by atoms with Crippen LogP contribution < -0.4 is 0 Å². The molecule has 0 fully saturated rings. The van der Waals surface area contributed by atoms with Crippen LogP contribution in [-0.2, 0) is 15.6 Å². The molecule has 1 rings (SSSR count). The molecule has 0 aliphatic rings. The van der Waals surface area contributed by atoms with Gasteiger partial charge in [0.2, 0.25) is 0 Å². The summed E-state index contributed by atoms with van der Waals surface area (Å²) in [5, 5.41) is -0.324. The number of rotatable bonds is 3. The fraction of sp³-hybridized carbons (Fsp3) is 0.400. The third-order valence-electron chi connectivity index (χ3n) is 2.03. The quantitative estimate of drug-likeness (QED) is 0.851. The lowest BCUT2D eigenvalue weighted by molar-refractivity contribution is 0.586. The SMILES string of the molecule is CC(C)S(=O)(=O)Cc1ccccc1Br. The van der Waals surface area contributed by atoms with Crippen molar-refractivity contribution in [3.8, 4) is 0 Å². The fourth-order valence-corrected chi connectivity index (χ4v) is 2.63. The molecule has 0 aliphatic heterocycles. The smallest absolute Gasteiger partial charge is 0.156 e. The minimum atomic E-state index is -3.00. The van der Waals surface area contributed by atoms with Gasteiger partial charge in [0.05, 0.1) is 11.0 Å². The van der Waals surface area contributed by atoms with Crippen LogP contribution >= 0.6 is 15.9 Å². The van der Waals surface area contributed by atoms with Crippen LogP contribution in [0.25, 0.3) is 0 Å². The van der Waals surface area contributed by atoms with Gasteiger partial charge in [-0.25, -0.2) is 8.42 Å². The maximum absolute atomic E-state index is 11.6. The summed E-state index contributed by atoms with van der Waals surface area (Å²) in [6, 6.07) is 7.39. The van der Waals surface area contributed by atoms with Gasteiger partial charge in [0.15, 0.2) is 9.84 Å². The lowest BCUT2D eigenvalue weighted by Gasteiger charge is -2.08. The molecule has 1 aromatic rings. The van der Waals surface area contributed by atoms with Crippen LogP contribution in [0.3, 0.4) is 0 Å². The molecule has 0 bridgehead atoms. The molecule has 0 saturated carbocycles. The third kappa shape index (κ3) is 2.82. The summed E-state index contributed by atoms with van der Waals surface area (Å²) in [6.45, 7) is 3.40. The van der Waals surface area contributed by atoms with Gasteiger partial charge in [-0.2, -0.15) is 0 Å². The largest absolute Gasteiger partial charge is 0.228 e. The summed E-state index contributed by atoms with van der Waals surface area (Å²) in [4.78, 5) is 0. The molecule has 0 amide bonds. The van der Waals surface area contributed by atoms with Gasteiger partial charge in [-0.15, -0.1) is 0 Å².